The Hall–Kier alpha value is -2.71. The number of halogens is 1. The zero-order valence-electron chi connectivity index (χ0n) is 30.9. The molecule has 12 nitrogen and oxygen atoms in total. The molecule has 3 aliphatic rings. The van der Waals surface area contributed by atoms with Crippen molar-refractivity contribution in [2.75, 3.05) is 34.4 Å². The fourth-order valence-electron chi connectivity index (χ4n) is 5.16. The van der Waals surface area contributed by atoms with E-state index >= 15 is 0 Å². The van der Waals surface area contributed by atoms with Gasteiger partial charge in [0.25, 0.3) is 6.47 Å². The molecule has 4 aromatic carbocycles. The first-order valence-corrected chi connectivity index (χ1v) is 16.1. The van der Waals surface area contributed by atoms with Crippen molar-refractivity contribution in [1.82, 2.24) is 9.78 Å². The van der Waals surface area contributed by atoms with Crippen molar-refractivity contribution in [1.29, 1.82) is 0 Å². The molecule has 0 spiro atoms. The number of allylic oxidation sites excluding steroid dienone is 1. The first-order chi connectivity index (χ1) is 25.1. The van der Waals surface area contributed by atoms with Gasteiger partial charge in [0.05, 0.1) is 27.3 Å². The number of methoxy groups -OCH3 is 2. The zero-order valence-corrected chi connectivity index (χ0v) is 36.9. The summed E-state index contributed by atoms with van der Waals surface area (Å²) in [5.41, 5.74) is 6.29. The third-order valence-corrected chi connectivity index (χ3v) is 7.84. The van der Waals surface area contributed by atoms with Crippen molar-refractivity contribution in [2.45, 2.75) is 27.3 Å². The van der Waals surface area contributed by atoms with Crippen molar-refractivity contribution in [3.05, 3.63) is 115 Å². The minimum Gasteiger partial charge on any atom is -1.00 e. The molecule has 0 fully saturated rings. The Bertz CT molecular complexity index is 1960. The van der Waals surface area contributed by atoms with Crippen LogP contribution >= 0.6 is 11.6 Å². The van der Waals surface area contributed by atoms with E-state index in [0.29, 0.717) is 12.4 Å². The van der Waals surface area contributed by atoms with Gasteiger partial charge in [-0.2, -0.15) is 5.10 Å². The van der Waals surface area contributed by atoms with E-state index in [1.165, 1.54) is 0 Å². The molecule has 4 heterocycles. The van der Waals surface area contributed by atoms with Crippen LogP contribution in [-0.4, -0.2) is 56.8 Å². The molecule has 282 valence electrons. The van der Waals surface area contributed by atoms with Crippen LogP contribution in [-0.2, 0) is 22.1 Å². The number of aromatic nitrogens is 2. The van der Waals surface area contributed by atoms with Crippen molar-refractivity contribution in [2.24, 2.45) is 4.99 Å². The van der Waals surface area contributed by atoms with E-state index in [2.05, 4.69) is 27.1 Å². The molecule has 0 unspecified atom stereocenters. The molecule has 0 saturated heterocycles. The number of carbonyl (C=O) groups excluding carboxylic acids is 1. The van der Waals surface area contributed by atoms with Gasteiger partial charge in [0, 0.05) is 35.6 Å². The van der Waals surface area contributed by atoms with Gasteiger partial charge in [-0.1, -0.05) is 45.2 Å². The monoisotopic (exact) mass is 823 g/mol. The molecule has 0 bridgehead atoms. The fraction of sp³-hybridized carbons (Fsp3) is 0.225. The maximum absolute atomic E-state index is 8.64. The van der Waals surface area contributed by atoms with Crippen LogP contribution in [0.3, 0.4) is 0 Å². The molecular formula is C40H44ClK2N3O9. The van der Waals surface area contributed by atoms with Crippen LogP contribution in [0, 0.1) is 0 Å². The van der Waals surface area contributed by atoms with Crippen molar-refractivity contribution in [3.63, 3.8) is 0 Å². The number of hydrogen-bond donors (Lipinski definition) is 0. The number of alkyl halides is 1. The molecule has 3 aliphatic heterocycles. The summed E-state index contributed by atoms with van der Waals surface area (Å²) in [5, 5.41) is 12.7. The SMILES string of the molecule is C.C.C1=CCN=C1.COc1ccc(CCl)cc1-c1ccc2c(c1)OCO2.COc1ccc(Cn2cccn2)cc1-c1ccc2c(c1)OCO2.O=CO[O-].[H-].[K+].[K+]. The molecule has 1 aromatic heterocycles. The Morgan fingerprint density at radius 2 is 1.33 bits per heavy atom. The number of rotatable bonds is 8. The number of hydrogen-bond acceptors (Lipinski definition) is 11. The van der Waals surface area contributed by atoms with Gasteiger partial charge >= 0.3 is 103 Å². The van der Waals surface area contributed by atoms with Gasteiger partial charge < -0.3 is 40.0 Å². The number of carbonyl (C=O) groups is 1. The van der Waals surface area contributed by atoms with E-state index in [-0.39, 0.29) is 139 Å². The summed E-state index contributed by atoms with van der Waals surface area (Å²) in [4.78, 5) is 15.1. The average Bonchev–Trinajstić information content (AvgIpc) is 4.03. The van der Waals surface area contributed by atoms with Crippen molar-refractivity contribution < 1.29 is 148 Å². The second-order valence-corrected chi connectivity index (χ2v) is 10.9. The van der Waals surface area contributed by atoms with E-state index in [0.717, 1.165) is 74.4 Å². The minimum atomic E-state index is -0.181. The number of nitrogens with zero attached hydrogens (tertiary/aromatic N) is 3. The molecule has 0 atom stereocenters. The summed E-state index contributed by atoms with van der Waals surface area (Å²) in [7, 11) is 3.34. The average molecular weight is 824 g/mol. The van der Waals surface area contributed by atoms with Crippen molar-refractivity contribution >= 4 is 24.3 Å². The maximum atomic E-state index is 8.64. The zero-order chi connectivity index (χ0) is 35.8. The number of ether oxygens (including phenoxy) is 6. The molecule has 5 aromatic rings. The number of fused-ring (bicyclic) bond motifs is 2. The summed E-state index contributed by atoms with van der Waals surface area (Å²) >= 11 is 5.89. The summed E-state index contributed by atoms with van der Waals surface area (Å²) in [6, 6.07) is 25.8. The third kappa shape index (κ3) is 14.6. The molecule has 55 heavy (non-hydrogen) atoms. The summed E-state index contributed by atoms with van der Waals surface area (Å²) < 4.78 is 34.4. The van der Waals surface area contributed by atoms with E-state index < -0.39 is 0 Å². The Kier molecular flexibility index (Phi) is 24.7. The summed E-state index contributed by atoms with van der Waals surface area (Å²) in [6.45, 7) is 1.97. The van der Waals surface area contributed by atoms with Crippen LogP contribution in [0.2, 0.25) is 0 Å². The van der Waals surface area contributed by atoms with Crippen LogP contribution in [0.15, 0.2) is 108 Å². The van der Waals surface area contributed by atoms with Gasteiger partial charge in [0.1, 0.15) is 11.5 Å². The smallest absolute Gasteiger partial charge is 1.00 e. The number of aliphatic imine (C=N–C) groups is 1. The molecule has 8 rings (SSSR count). The minimum absolute atomic E-state index is 0. The van der Waals surface area contributed by atoms with Crippen LogP contribution in [0.25, 0.3) is 22.3 Å². The largest absolute Gasteiger partial charge is 1.00 e. The molecule has 0 aliphatic carbocycles. The van der Waals surface area contributed by atoms with E-state index in [1.807, 2.05) is 89.8 Å². The van der Waals surface area contributed by atoms with Crippen LogP contribution < -0.4 is 136 Å². The number of benzene rings is 4. The van der Waals surface area contributed by atoms with Gasteiger partial charge in [-0.25, -0.2) is 0 Å². The Labute approximate surface area is 414 Å². The second kappa shape index (κ2) is 27.0. The Morgan fingerprint density at radius 3 is 1.75 bits per heavy atom. The first-order valence-electron chi connectivity index (χ1n) is 15.6. The summed E-state index contributed by atoms with van der Waals surface area (Å²) in [6.07, 6.45) is 9.49. The van der Waals surface area contributed by atoms with Gasteiger partial charge in [0.15, 0.2) is 23.0 Å². The molecule has 0 saturated carbocycles. The maximum Gasteiger partial charge on any atom is 1.00 e. The Morgan fingerprint density at radius 1 is 0.800 bits per heavy atom. The van der Waals surface area contributed by atoms with Gasteiger partial charge in [-0.3, -0.25) is 14.5 Å². The van der Waals surface area contributed by atoms with Gasteiger partial charge in [-0.05, 0) is 82.9 Å². The predicted molar refractivity (Wildman–Crippen MR) is 204 cm³/mol. The van der Waals surface area contributed by atoms with E-state index in [1.54, 1.807) is 26.6 Å². The van der Waals surface area contributed by atoms with Gasteiger partial charge in [0.2, 0.25) is 13.6 Å². The predicted octanol–water partition coefficient (Wildman–Crippen LogP) is 1.62. The van der Waals surface area contributed by atoms with E-state index in [4.69, 9.17) is 50.1 Å². The van der Waals surface area contributed by atoms with Crippen LogP contribution in [0.5, 0.6) is 34.5 Å². The standard InChI is InChI=1S/C18H16N2O3.C15H13ClO3.C4H5N.CH2O3.2CH4.2K.H/c1-21-16-5-3-13(11-20-8-2-7-19-20)9-15(16)14-4-6-17-18(10-14)23-12-22-17;1-17-13-4-2-10(8-16)6-12(13)11-3-5-14-15(7-11)19-9-18-14;1-2-4-5-3-1;2-1-4-3;;;;;/h2-10H,11-12H2,1H3;2-7H,8-9H2,1H3;1-3H,4H2;1,3H;2*1H4;;;/q;;;;;;2*+1;-1/p-1. The molecule has 0 N–H and O–H groups in total. The fourth-order valence-corrected chi connectivity index (χ4v) is 5.32. The third-order valence-electron chi connectivity index (χ3n) is 7.53. The topological polar surface area (TPSA) is 135 Å². The molecule has 15 heteroatoms. The normalized spacial score (nSPS) is 11.5. The Balaban J connectivity index is 0.000000831. The molecule has 0 amide bonds. The van der Waals surface area contributed by atoms with Crippen LogP contribution in [0.1, 0.15) is 27.4 Å². The van der Waals surface area contributed by atoms with Gasteiger partial charge in [-0.15, -0.1) is 11.6 Å². The first kappa shape index (κ1) is 50.3. The second-order valence-electron chi connectivity index (χ2n) is 10.7. The molecule has 0 radical (unpaired) electrons. The quantitative estimate of drug-likeness (QED) is 0.0748. The summed E-state index contributed by atoms with van der Waals surface area (Å²) in [5.74, 6) is 5.19. The van der Waals surface area contributed by atoms with Crippen LogP contribution in [0.4, 0.5) is 0 Å². The van der Waals surface area contributed by atoms with E-state index in [9.17, 15) is 0 Å². The molecular weight excluding hydrogens is 780 g/mol. The van der Waals surface area contributed by atoms with Crippen molar-refractivity contribution in [3.8, 4) is 56.8 Å².